The van der Waals surface area contributed by atoms with E-state index in [1.165, 1.54) is 283 Å². The number of hydrogen-bond acceptors (Lipinski definition) is 5. The number of carbonyl (C=O) groups is 2. The highest BCUT2D eigenvalue weighted by atomic mass is 16.5. The largest absolute Gasteiger partial charge is 0.466 e. The van der Waals surface area contributed by atoms with Crippen molar-refractivity contribution >= 4 is 11.9 Å². The third kappa shape index (κ3) is 63.0. The van der Waals surface area contributed by atoms with Crippen LogP contribution in [0, 0.1) is 0 Å². The van der Waals surface area contributed by atoms with E-state index in [2.05, 4.69) is 67.8 Å². The summed E-state index contributed by atoms with van der Waals surface area (Å²) in [6, 6.07) is -0.548. The van der Waals surface area contributed by atoms with Crippen molar-refractivity contribution in [2.45, 2.75) is 386 Å². The molecule has 0 aromatic carbocycles. The van der Waals surface area contributed by atoms with Gasteiger partial charge in [-0.15, -0.1) is 0 Å². The second-order valence-corrected chi connectivity index (χ2v) is 23.9. The number of amides is 1. The van der Waals surface area contributed by atoms with Crippen LogP contribution in [0.2, 0.25) is 0 Å². The monoisotopic (exact) mass is 1090 g/mol. The molecule has 0 rings (SSSR count). The standard InChI is InChI=1S/C72H135NO5/c1-3-5-7-9-11-13-15-17-19-21-22-30-33-36-40-44-48-52-56-60-64-70(75)69(68-74)73-71(76)65-61-57-53-49-45-41-37-34-31-28-26-24-23-25-27-29-32-35-39-43-47-51-55-59-63-67-78-72(77)66-62-58-54-50-46-42-38-20-18-16-14-12-10-8-6-4-2/h14,16,20,24-27,38,69-70,74-75H,3-13,15,17-19,21-23,28-37,39-68H2,1-2H3,(H,73,76)/b16-14-,26-24-,27-25-,38-20-. The second kappa shape index (κ2) is 67.3. The molecule has 0 fully saturated rings. The average molecular weight is 1090 g/mol. The van der Waals surface area contributed by atoms with Gasteiger partial charge in [0.15, 0.2) is 0 Å². The molecule has 0 spiro atoms. The van der Waals surface area contributed by atoms with Crippen molar-refractivity contribution in [1.29, 1.82) is 0 Å². The zero-order valence-corrected chi connectivity index (χ0v) is 52.4. The lowest BCUT2D eigenvalue weighted by Gasteiger charge is -2.22. The number of esters is 1. The van der Waals surface area contributed by atoms with Gasteiger partial charge in [0.05, 0.1) is 25.4 Å². The maximum absolute atomic E-state index is 12.5. The highest BCUT2D eigenvalue weighted by Gasteiger charge is 2.20. The summed E-state index contributed by atoms with van der Waals surface area (Å²) in [6.45, 7) is 4.95. The lowest BCUT2D eigenvalue weighted by molar-refractivity contribution is -0.143. The Bertz CT molecular complexity index is 1310. The lowest BCUT2D eigenvalue weighted by atomic mass is 10.0. The van der Waals surface area contributed by atoms with Gasteiger partial charge in [0.2, 0.25) is 5.91 Å². The number of ether oxygens (including phenoxy) is 1. The number of carbonyl (C=O) groups excluding carboxylic acids is 2. The van der Waals surface area contributed by atoms with Gasteiger partial charge in [-0.3, -0.25) is 9.59 Å². The third-order valence-corrected chi connectivity index (χ3v) is 16.1. The van der Waals surface area contributed by atoms with Gasteiger partial charge in [-0.1, -0.05) is 319 Å². The van der Waals surface area contributed by atoms with E-state index in [0.717, 1.165) is 57.8 Å². The van der Waals surface area contributed by atoms with Crippen LogP contribution >= 0.6 is 0 Å². The van der Waals surface area contributed by atoms with E-state index < -0.39 is 12.1 Å². The summed E-state index contributed by atoms with van der Waals surface area (Å²) in [5, 5.41) is 23.4. The van der Waals surface area contributed by atoms with Gasteiger partial charge in [0.25, 0.3) is 0 Å². The van der Waals surface area contributed by atoms with Crippen LogP contribution in [0.5, 0.6) is 0 Å². The molecule has 0 saturated carbocycles. The van der Waals surface area contributed by atoms with Crippen molar-refractivity contribution in [1.82, 2.24) is 5.32 Å². The molecule has 0 aliphatic carbocycles. The molecule has 0 radical (unpaired) electrons. The lowest BCUT2D eigenvalue weighted by Crippen LogP contribution is -2.45. The van der Waals surface area contributed by atoms with E-state index in [9.17, 15) is 19.8 Å². The first-order chi connectivity index (χ1) is 38.5. The molecule has 0 aromatic heterocycles. The van der Waals surface area contributed by atoms with Crippen molar-refractivity contribution in [2.75, 3.05) is 13.2 Å². The van der Waals surface area contributed by atoms with Gasteiger partial charge in [0, 0.05) is 12.8 Å². The van der Waals surface area contributed by atoms with Crippen molar-refractivity contribution in [3.63, 3.8) is 0 Å². The number of aliphatic hydroxyl groups excluding tert-OH is 2. The minimum absolute atomic E-state index is 0.00424. The maximum atomic E-state index is 12.5. The summed E-state index contributed by atoms with van der Waals surface area (Å²) in [6.07, 6.45) is 87.2. The molecule has 0 saturated heterocycles. The summed E-state index contributed by atoms with van der Waals surface area (Å²) >= 11 is 0. The Morgan fingerprint density at radius 2 is 0.641 bits per heavy atom. The predicted molar refractivity (Wildman–Crippen MR) is 342 cm³/mol. The van der Waals surface area contributed by atoms with Crippen molar-refractivity contribution in [3.8, 4) is 0 Å². The van der Waals surface area contributed by atoms with Gasteiger partial charge in [0.1, 0.15) is 0 Å². The van der Waals surface area contributed by atoms with Gasteiger partial charge in [-0.25, -0.2) is 0 Å². The van der Waals surface area contributed by atoms with Crippen LogP contribution in [0.4, 0.5) is 0 Å². The Hall–Kier alpha value is -2.18. The first kappa shape index (κ1) is 75.8. The highest BCUT2D eigenvalue weighted by Crippen LogP contribution is 2.18. The van der Waals surface area contributed by atoms with Crippen LogP contribution < -0.4 is 5.32 Å². The molecule has 0 aliphatic heterocycles. The minimum Gasteiger partial charge on any atom is -0.466 e. The smallest absolute Gasteiger partial charge is 0.305 e. The van der Waals surface area contributed by atoms with Crippen molar-refractivity contribution < 1.29 is 24.5 Å². The summed E-state index contributed by atoms with van der Waals surface area (Å²) in [4.78, 5) is 24.6. The summed E-state index contributed by atoms with van der Waals surface area (Å²) in [5.74, 6) is -0.0425. The normalized spacial score (nSPS) is 12.8. The van der Waals surface area contributed by atoms with Crippen LogP contribution in [0.1, 0.15) is 373 Å². The molecular weight excluding hydrogens is 959 g/mol. The Morgan fingerprint density at radius 3 is 0.987 bits per heavy atom. The molecular formula is C72H135NO5. The average Bonchev–Trinajstić information content (AvgIpc) is 3.44. The molecule has 458 valence electrons. The SMILES string of the molecule is CCCCCC/C=C\C/C=C\CCCCCCCC(=O)OCCCCCCCCCCC/C=C\C/C=C\CCCCCCCCCCCC(=O)NC(CO)C(O)CCCCCCCCCCCCCCCCCCCCCC. The molecule has 0 aromatic rings. The molecule has 2 unspecified atom stereocenters. The number of aliphatic hydroxyl groups is 2. The molecule has 2 atom stereocenters. The molecule has 0 aliphatic rings. The number of hydrogen-bond donors (Lipinski definition) is 3. The predicted octanol–water partition coefficient (Wildman–Crippen LogP) is 22.5. The van der Waals surface area contributed by atoms with Crippen molar-refractivity contribution in [2.24, 2.45) is 0 Å². The highest BCUT2D eigenvalue weighted by molar-refractivity contribution is 5.76. The van der Waals surface area contributed by atoms with E-state index in [1.54, 1.807) is 0 Å². The fourth-order valence-corrected chi connectivity index (χ4v) is 10.8. The quantitative estimate of drug-likeness (QED) is 0.0320. The Morgan fingerprint density at radius 1 is 0.359 bits per heavy atom. The van der Waals surface area contributed by atoms with Gasteiger partial charge >= 0.3 is 5.97 Å². The van der Waals surface area contributed by atoms with Gasteiger partial charge in [-0.05, 0) is 89.9 Å². The van der Waals surface area contributed by atoms with Gasteiger partial charge in [-0.2, -0.15) is 0 Å². The van der Waals surface area contributed by atoms with Crippen LogP contribution in [0.15, 0.2) is 48.6 Å². The van der Waals surface area contributed by atoms with Crippen molar-refractivity contribution in [3.05, 3.63) is 48.6 Å². The van der Waals surface area contributed by atoms with E-state index in [0.29, 0.717) is 25.9 Å². The van der Waals surface area contributed by atoms with E-state index in [4.69, 9.17) is 4.74 Å². The molecule has 1 amide bonds. The van der Waals surface area contributed by atoms with Crippen LogP contribution in [0.3, 0.4) is 0 Å². The maximum Gasteiger partial charge on any atom is 0.305 e. The first-order valence-electron chi connectivity index (χ1n) is 34.9. The number of allylic oxidation sites excluding steroid dienone is 8. The Kier molecular flexibility index (Phi) is 65.4. The minimum atomic E-state index is -0.670. The van der Waals surface area contributed by atoms with E-state index in [-0.39, 0.29) is 18.5 Å². The fraction of sp³-hybridized carbons (Fsp3) is 0.861. The number of rotatable bonds is 65. The fourth-order valence-electron chi connectivity index (χ4n) is 10.8. The molecule has 6 heteroatoms. The Labute approximate surface area is 486 Å². The topological polar surface area (TPSA) is 95.9 Å². The second-order valence-electron chi connectivity index (χ2n) is 23.9. The summed E-state index contributed by atoms with van der Waals surface area (Å²) in [5.41, 5.74) is 0. The summed E-state index contributed by atoms with van der Waals surface area (Å²) in [7, 11) is 0. The molecule has 3 N–H and O–H groups in total. The third-order valence-electron chi connectivity index (χ3n) is 16.1. The van der Waals surface area contributed by atoms with E-state index >= 15 is 0 Å². The zero-order chi connectivity index (χ0) is 56.4. The van der Waals surface area contributed by atoms with Gasteiger partial charge < -0.3 is 20.3 Å². The number of nitrogens with one attached hydrogen (secondary N) is 1. The molecule has 6 nitrogen and oxygen atoms in total. The zero-order valence-electron chi connectivity index (χ0n) is 52.4. The van der Waals surface area contributed by atoms with Crippen LogP contribution in [-0.4, -0.2) is 47.4 Å². The first-order valence-corrected chi connectivity index (χ1v) is 34.9. The van der Waals surface area contributed by atoms with E-state index in [1.807, 2.05) is 0 Å². The van der Waals surface area contributed by atoms with Crippen LogP contribution in [-0.2, 0) is 14.3 Å². The molecule has 78 heavy (non-hydrogen) atoms. The van der Waals surface area contributed by atoms with Crippen LogP contribution in [0.25, 0.3) is 0 Å². The number of unbranched alkanes of at least 4 members (excludes halogenated alkanes) is 46. The summed E-state index contributed by atoms with van der Waals surface area (Å²) < 4.78 is 5.48. The molecule has 0 heterocycles. The Balaban J connectivity index is 3.44. The molecule has 0 bridgehead atoms.